The van der Waals surface area contributed by atoms with Crippen molar-refractivity contribution in [1.29, 1.82) is 0 Å². The molecule has 0 unspecified atom stereocenters. The summed E-state index contributed by atoms with van der Waals surface area (Å²) >= 11 is 0. The monoisotopic (exact) mass is 215 g/mol. The molecular formula is C11H13N5. The van der Waals surface area contributed by atoms with E-state index in [0.717, 1.165) is 13.0 Å². The minimum Gasteiger partial charge on any atom is -0.368 e. The van der Waals surface area contributed by atoms with Gasteiger partial charge >= 0.3 is 0 Å². The quantitative estimate of drug-likeness (QED) is 0.773. The first kappa shape index (κ1) is 9.21. The van der Waals surface area contributed by atoms with Crippen LogP contribution in [0.2, 0.25) is 0 Å². The number of anilines is 3. The van der Waals surface area contributed by atoms with Gasteiger partial charge in [-0.05, 0) is 18.1 Å². The molecule has 5 heteroatoms. The van der Waals surface area contributed by atoms with Crippen LogP contribution in [-0.4, -0.2) is 21.3 Å². The van der Waals surface area contributed by atoms with Gasteiger partial charge in [0, 0.05) is 19.3 Å². The topological polar surface area (TPSA) is 60.0 Å². The standard InChI is InChI=1S/C11H13N5/c1-15-10(12)13-11(14-15)16-7-6-8-4-2-3-5-9(8)16/h2-5H,6-7H2,1H3,(H2,12,13,14). The maximum absolute atomic E-state index is 5.69. The van der Waals surface area contributed by atoms with Crippen molar-refractivity contribution in [3.63, 3.8) is 0 Å². The van der Waals surface area contributed by atoms with Crippen LogP contribution >= 0.6 is 0 Å². The lowest BCUT2D eigenvalue weighted by Gasteiger charge is -2.13. The molecular weight excluding hydrogens is 202 g/mol. The molecule has 0 saturated heterocycles. The molecule has 0 aliphatic carbocycles. The summed E-state index contributed by atoms with van der Waals surface area (Å²) in [5, 5.41) is 4.30. The third kappa shape index (κ3) is 1.25. The lowest BCUT2D eigenvalue weighted by Crippen LogP contribution is -2.15. The Morgan fingerprint density at radius 1 is 1.31 bits per heavy atom. The fourth-order valence-corrected chi connectivity index (χ4v) is 2.04. The summed E-state index contributed by atoms with van der Waals surface area (Å²) < 4.78 is 1.59. The van der Waals surface area contributed by atoms with Crippen molar-refractivity contribution in [1.82, 2.24) is 14.8 Å². The highest BCUT2D eigenvalue weighted by atomic mass is 15.4. The second kappa shape index (κ2) is 3.23. The Morgan fingerprint density at radius 2 is 2.12 bits per heavy atom. The zero-order valence-electron chi connectivity index (χ0n) is 9.09. The molecule has 82 valence electrons. The van der Waals surface area contributed by atoms with Gasteiger partial charge in [-0.2, -0.15) is 4.98 Å². The number of fused-ring (bicyclic) bond motifs is 1. The van der Waals surface area contributed by atoms with Crippen molar-refractivity contribution in [3.05, 3.63) is 29.8 Å². The van der Waals surface area contributed by atoms with E-state index in [1.807, 2.05) is 6.07 Å². The molecule has 0 fully saturated rings. The Bertz CT molecular complexity index is 511. The van der Waals surface area contributed by atoms with Gasteiger partial charge in [-0.1, -0.05) is 18.2 Å². The molecule has 3 rings (SSSR count). The van der Waals surface area contributed by atoms with Gasteiger partial charge in [0.15, 0.2) is 0 Å². The molecule has 16 heavy (non-hydrogen) atoms. The molecule has 0 spiro atoms. The predicted octanol–water partition coefficient (Wildman–Crippen LogP) is 1.09. The highest BCUT2D eigenvalue weighted by Gasteiger charge is 2.23. The molecule has 1 aliphatic heterocycles. The van der Waals surface area contributed by atoms with Gasteiger partial charge in [-0.25, -0.2) is 4.68 Å². The van der Waals surface area contributed by atoms with E-state index in [1.165, 1.54) is 11.3 Å². The molecule has 1 aromatic carbocycles. The van der Waals surface area contributed by atoms with Crippen molar-refractivity contribution in [2.75, 3.05) is 17.2 Å². The molecule has 1 aliphatic rings. The number of nitrogens with zero attached hydrogens (tertiary/aromatic N) is 4. The molecule has 0 bridgehead atoms. The van der Waals surface area contributed by atoms with E-state index in [2.05, 4.69) is 33.2 Å². The van der Waals surface area contributed by atoms with E-state index >= 15 is 0 Å². The van der Waals surface area contributed by atoms with Crippen LogP contribution in [0.25, 0.3) is 0 Å². The van der Waals surface area contributed by atoms with Crippen molar-refractivity contribution in [2.45, 2.75) is 6.42 Å². The van der Waals surface area contributed by atoms with Crippen LogP contribution in [0.1, 0.15) is 5.56 Å². The first-order valence-corrected chi connectivity index (χ1v) is 5.27. The number of para-hydroxylation sites is 1. The van der Waals surface area contributed by atoms with Crippen LogP contribution in [0.15, 0.2) is 24.3 Å². The van der Waals surface area contributed by atoms with Crippen LogP contribution in [0.4, 0.5) is 17.6 Å². The molecule has 0 saturated carbocycles. The summed E-state index contributed by atoms with van der Waals surface area (Å²) in [5.74, 6) is 1.13. The SMILES string of the molecule is Cn1nc(N2CCc3ccccc32)nc1N. The zero-order chi connectivity index (χ0) is 11.1. The predicted molar refractivity (Wildman–Crippen MR) is 62.6 cm³/mol. The normalized spacial score (nSPS) is 14.2. The second-order valence-electron chi connectivity index (χ2n) is 3.92. The average Bonchev–Trinajstić information content (AvgIpc) is 2.83. The van der Waals surface area contributed by atoms with Gasteiger partial charge in [0.1, 0.15) is 0 Å². The molecule has 2 heterocycles. The van der Waals surface area contributed by atoms with Gasteiger partial charge < -0.3 is 10.6 Å². The fraction of sp³-hybridized carbons (Fsp3) is 0.273. The Labute approximate surface area is 93.5 Å². The lowest BCUT2D eigenvalue weighted by molar-refractivity contribution is 0.771. The van der Waals surface area contributed by atoms with Gasteiger partial charge in [-0.15, -0.1) is 5.10 Å². The summed E-state index contributed by atoms with van der Waals surface area (Å²) in [6.45, 7) is 0.919. The molecule has 2 aromatic rings. The van der Waals surface area contributed by atoms with E-state index < -0.39 is 0 Å². The van der Waals surface area contributed by atoms with E-state index in [9.17, 15) is 0 Å². The molecule has 0 atom stereocenters. The fourth-order valence-electron chi connectivity index (χ4n) is 2.04. The summed E-state index contributed by atoms with van der Waals surface area (Å²) in [6, 6.07) is 8.32. The van der Waals surface area contributed by atoms with E-state index in [1.54, 1.807) is 11.7 Å². The number of hydrogen-bond donors (Lipinski definition) is 1. The van der Waals surface area contributed by atoms with Gasteiger partial charge in [0.05, 0.1) is 0 Å². The van der Waals surface area contributed by atoms with Gasteiger partial charge in [-0.3, -0.25) is 0 Å². The average molecular weight is 215 g/mol. The smallest absolute Gasteiger partial charge is 0.251 e. The number of hydrogen-bond acceptors (Lipinski definition) is 4. The molecule has 0 amide bonds. The molecule has 1 aromatic heterocycles. The summed E-state index contributed by atoms with van der Waals surface area (Å²) in [6.07, 6.45) is 1.04. The Balaban J connectivity index is 2.04. The molecule has 0 radical (unpaired) electrons. The Hall–Kier alpha value is -2.04. The maximum atomic E-state index is 5.69. The van der Waals surface area contributed by atoms with E-state index in [-0.39, 0.29) is 0 Å². The number of aryl methyl sites for hydroxylation is 1. The number of aromatic nitrogens is 3. The number of nitrogen functional groups attached to an aromatic ring is 1. The highest BCUT2D eigenvalue weighted by Crippen LogP contribution is 2.32. The van der Waals surface area contributed by atoms with Crippen molar-refractivity contribution < 1.29 is 0 Å². The van der Waals surface area contributed by atoms with Gasteiger partial charge in [0.25, 0.3) is 5.95 Å². The highest BCUT2D eigenvalue weighted by molar-refractivity contribution is 5.65. The maximum Gasteiger partial charge on any atom is 0.251 e. The summed E-state index contributed by atoms with van der Waals surface area (Å²) in [5.41, 5.74) is 8.22. The van der Waals surface area contributed by atoms with Crippen molar-refractivity contribution in [2.24, 2.45) is 7.05 Å². The van der Waals surface area contributed by atoms with E-state index in [4.69, 9.17) is 5.73 Å². The van der Waals surface area contributed by atoms with Crippen LogP contribution in [0.3, 0.4) is 0 Å². The van der Waals surface area contributed by atoms with Crippen LogP contribution in [0.5, 0.6) is 0 Å². The molecule has 2 N–H and O–H groups in total. The Morgan fingerprint density at radius 3 is 2.88 bits per heavy atom. The van der Waals surface area contributed by atoms with Crippen LogP contribution in [0, 0.1) is 0 Å². The largest absolute Gasteiger partial charge is 0.368 e. The van der Waals surface area contributed by atoms with Gasteiger partial charge in [0.2, 0.25) is 5.95 Å². The minimum absolute atomic E-state index is 0.444. The molecule has 5 nitrogen and oxygen atoms in total. The third-order valence-corrected chi connectivity index (χ3v) is 2.91. The van der Waals surface area contributed by atoms with Crippen LogP contribution < -0.4 is 10.6 Å². The number of rotatable bonds is 1. The van der Waals surface area contributed by atoms with E-state index in [0.29, 0.717) is 11.9 Å². The summed E-state index contributed by atoms with van der Waals surface area (Å²) in [4.78, 5) is 6.35. The first-order valence-electron chi connectivity index (χ1n) is 5.27. The zero-order valence-corrected chi connectivity index (χ0v) is 9.09. The van der Waals surface area contributed by atoms with Crippen LogP contribution in [-0.2, 0) is 13.5 Å². The lowest BCUT2D eigenvalue weighted by atomic mass is 10.2. The van der Waals surface area contributed by atoms with Crippen molar-refractivity contribution in [3.8, 4) is 0 Å². The first-order chi connectivity index (χ1) is 7.75. The second-order valence-corrected chi connectivity index (χ2v) is 3.92. The minimum atomic E-state index is 0.444. The number of benzene rings is 1. The summed E-state index contributed by atoms with van der Waals surface area (Å²) in [7, 11) is 1.80. The van der Waals surface area contributed by atoms with Crippen molar-refractivity contribution >= 4 is 17.6 Å². The Kier molecular flexibility index (Phi) is 1.86. The third-order valence-electron chi connectivity index (χ3n) is 2.91. The number of nitrogens with two attached hydrogens (primary N) is 1.